The molecule has 1 aromatic heterocycles. The predicted molar refractivity (Wildman–Crippen MR) is 129 cm³/mol. The third-order valence-corrected chi connectivity index (χ3v) is 6.92. The van der Waals surface area contributed by atoms with Crippen molar-refractivity contribution in [1.82, 2.24) is 19.7 Å². The van der Waals surface area contributed by atoms with E-state index in [2.05, 4.69) is 10.3 Å². The zero-order chi connectivity index (χ0) is 24.2. The van der Waals surface area contributed by atoms with Crippen LogP contribution in [0, 0.1) is 0 Å². The van der Waals surface area contributed by atoms with E-state index in [1.54, 1.807) is 44.3 Å². The van der Waals surface area contributed by atoms with Crippen LogP contribution in [0.5, 0.6) is 0 Å². The molecule has 1 saturated heterocycles. The Kier molecular flexibility index (Phi) is 7.47. The summed E-state index contributed by atoms with van der Waals surface area (Å²) < 4.78 is 0. The van der Waals surface area contributed by atoms with Crippen LogP contribution in [-0.2, 0) is 20.8 Å². The Hall–Kier alpha value is -2.98. The number of benzene rings is 1. The van der Waals surface area contributed by atoms with Gasteiger partial charge in [0.2, 0.25) is 17.7 Å². The van der Waals surface area contributed by atoms with Gasteiger partial charge in [-0.1, -0.05) is 11.6 Å². The number of hydrogen-bond acceptors (Lipinski definition) is 6. The van der Waals surface area contributed by atoms with Crippen molar-refractivity contribution in [2.24, 2.45) is 0 Å². The SMILES string of the molecule is CC(=O)N1CCN(C(=O)Cc2csc(NC(=O)CN(C(=O)c3ccc(Cl)cc3)C3CC3)n2)CC1. The number of halogens is 1. The van der Waals surface area contributed by atoms with E-state index in [4.69, 9.17) is 11.6 Å². The molecule has 9 nitrogen and oxygen atoms in total. The van der Waals surface area contributed by atoms with Crippen LogP contribution in [-0.4, -0.2) is 82.1 Å². The summed E-state index contributed by atoms with van der Waals surface area (Å²) in [7, 11) is 0. The van der Waals surface area contributed by atoms with Crippen molar-refractivity contribution in [3.8, 4) is 0 Å². The molecular formula is C23H26ClN5O4S. The zero-order valence-electron chi connectivity index (χ0n) is 18.8. The number of carbonyl (C=O) groups is 4. The van der Waals surface area contributed by atoms with Crippen LogP contribution in [0.15, 0.2) is 29.6 Å². The van der Waals surface area contributed by atoms with Crippen LogP contribution in [0.25, 0.3) is 0 Å². The number of rotatable bonds is 7. The number of thiazole rings is 1. The third kappa shape index (κ3) is 6.12. The quantitative estimate of drug-likeness (QED) is 0.624. The zero-order valence-corrected chi connectivity index (χ0v) is 20.4. The van der Waals surface area contributed by atoms with Gasteiger partial charge in [0.1, 0.15) is 6.54 Å². The van der Waals surface area contributed by atoms with E-state index in [0.717, 1.165) is 12.8 Å². The Labute approximate surface area is 206 Å². The Morgan fingerprint density at radius 2 is 1.74 bits per heavy atom. The molecule has 4 rings (SSSR count). The molecule has 1 aliphatic heterocycles. The predicted octanol–water partition coefficient (Wildman–Crippen LogP) is 2.27. The standard InChI is InChI=1S/C23H26ClN5O4S/c1-15(30)27-8-10-28(11-9-27)21(32)12-18-14-34-23(25-18)26-20(31)13-29(19-6-7-19)22(33)16-2-4-17(24)5-3-16/h2-5,14,19H,6-13H2,1H3,(H,25,26,31). The van der Waals surface area contributed by atoms with Crippen molar-refractivity contribution in [1.29, 1.82) is 0 Å². The van der Waals surface area contributed by atoms with E-state index in [1.807, 2.05) is 0 Å². The Bertz CT molecular complexity index is 1080. The van der Waals surface area contributed by atoms with Crippen LogP contribution in [0.2, 0.25) is 5.02 Å². The topological polar surface area (TPSA) is 103 Å². The molecule has 1 aliphatic carbocycles. The van der Waals surface area contributed by atoms with E-state index >= 15 is 0 Å². The molecule has 34 heavy (non-hydrogen) atoms. The lowest BCUT2D eigenvalue weighted by atomic mass is 10.2. The highest BCUT2D eigenvalue weighted by Gasteiger charge is 2.34. The summed E-state index contributed by atoms with van der Waals surface area (Å²) in [4.78, 5) is 58.9. The molecule has 0 atom stereocenters. The van der Waals surface area contributed by atoms with E-state index < -0.39 is 0 Å². The molecule has 0 unspecified atom stereocenters. The van der Waals surface area contributed by atoms with Crippen LogP contribution < -0.4 is 5.32 Å². The molecule has 2 heterocycles. The first kappa shape index (κ1) is 24.2. The molecule has 2 aromatic rings. The second kappa shape index (κ2) is 10.5. The van der Waals surface area contributed by atoms with E-state index in [-0.39, 0.29) is 42.6 Å². The Morgan fingerprint density at radius 3 is 2.35 bits per heavy atom. The van der Waals surface area contributed by atoms with Crippen LogP contribution in [0.1, 0.15) is 35.8 Å². The lowest BCUT2D eigenvalue weighted by Gasteiger charge is -2.34. The average molecular weight is 504 g/mol. The van der Waals surface area contributed by atoms with Gasteiger partial charge >= 0.3 is 0 Å². The van der Waals surface area contributed by atoms with Gasteiger partial charge in [-0.25, -0.2) is 4.98 Å². The maximum absolute atomic E-state index is 12.9. The first-order valence-corrected chi connectivity index (χ1v) is 12.4. The summed E-state index contributed by atoms with van der Waals surface area (Å²) in [5, 5.41) is 5.43. The molecule has 0 radical (unpaired) electrons. The first-order valence-electron chi connectivity index (χ1n) is 11.1. The molecular weight excluding hydrogens is 478 g/mol. The minimum Gasteiger partial charge on any atom is -0.339 e. The fraction of sp³-hybridized carbons (Fsp3) is 0.435. The van der Waals surface area contributed by atoms with Gasteiger partial charge in [-0.2, -0.15) is 0 Å². The smallest absolute Gasteiger partial charge is 0.254 e. The lowest BCUT2D eigenvalue weighted by Crippen LogP contribution is -2.50. The van der Waals surface area contributed by atoms with Gasteiger partial charge in [0.15, 0.2) is 5.13 Å². The van der Waals surface area contributed by atoms with Crippen LogP contribution in [0.3, 0.4) is 0 Å². The highest BCUT2D eigenvalue weighted by molar-refractivity contribution is 7.13. The average Bonchev–Trinajstić information content (AvgIpc) is 3.57. The van der Waals surface area contributed by atoms with Crippen LogP contribution in [0.4, 0.5) is 5.13 Å². The highest BCUT2D eigenvalue weighted by Crippen LogP contribution is 2.28. The summed E-state index contributed by atoms with van der Waals surface area (Å²) in [6, 6.07) is 6.68. The monoisotopic (exact) mass is 503 g/mol. The van der Waals surface area contributed by atoms with Crippen molar-refractivity contribution < 1.29 is 19.2 Å². The number of nitrogens with zero attached hydrogens (tertiary/aromatic N) is 4. The summed E-state index contributed by atoms with van der Waals surface area (Å²) >= 11 is 7.15. The van der Waals surface area contributed by atoms with E-state index in [9.17, 15) is 19.2 Å². The number of piperazine rings is 1. The highest BCUT2D eigenvalue weighted by atomic mass is 35.5. The van der Waals surface area contributed by atoms with Crippen molar-refractivity contribution in [2.45, 2.75) is 32.2 Å². The molecule has 1 aromatic carbocycles. The fourth-order valence-electron chi connectivity index (χ4n) is 3.81. The number of amides is 4. The number of nitrogens with one attached hydrogen (secondary N) is 1. The largest absolute Gasteiger partial charge is 0.339 e. The molecule has 11 heteroatoms. The first-order chi connectivity index (χ1) is 16.3. The molecule has 0 bridgehead atoms. The third-order valence-electron chi connectivity index (χ3n) is 5.86. The number of hydrogen-bond donors (Lipinski definition) is 1. The number of anilines is 1. The van der Waals surface area contributed by atoms with Gasteiger partial charge in [0.25, 0.3) is 5.91 Å². The molecule has 180 valence electrons. The molecule has 2 fully saturated rings. The van der Waals surface area contributed by atoms with Crippen molar-refractivity contribution in [3.05, 3.63) is 45.9 Å². The van der Waals surface area contributed by atoms with Gasteiger partial charge in [-0.3, -0.25) is 19.2 Å². The minimum absolute atomic E-state index is 0.0158. The second-order valence-electron chi connectivity index (χ2n) is 8.43. The molecule has 4 amide bonds. The number of carbonyl (C=O) groups excluding carboxylic acids is 4. The Morgan fingerprint density at radius 1 is 1.09 bits per heavy atom. The molecule has 1 saturated carbocycles. The number of aromatic nitrogens is 1. The van der Waals surface area contributed by atoms with Crippen molar-refractivity contribution in [3.63, 3.8) is 0 Å². The van der Waals surface area contributed by atoms with Gasteiger partial charge in [0, 0.05) is 55.1 Å². The van der Waals surface area contributed by atoms with Gasteiger partial charge < -0.3 is 20.0 Å². The molecule has 0 spiro atoms. The normalized spacial score (nSPS) is 15.7. The fourth-order valence-corrected chi connectivity index (χ4v) is 4.66. The minimum atomic E-state index is -0.332. The lowest BCUT2D eigenvalue weighted by molar-refractivity contribution is -0.138. The molecule has 2 aliphatic rings. The summed E-state index contributed by atoms with van der Waals surface area (Å²) in [6.45, 7) is 3.54. The van der Waals surface area contributed by atoms with E-state index in [0.29, 0.717) is 47.6 Å². The van der Waals surface area contributed by atoms with E-state index in [1.165, 1.54) is 18.3 Å². The van der Waals surface area contributed by atoms with Gasteiger partial charge in [-0.05, 0) is 37.1 Å². The Balaban J connectivity index is 1.29. The van der Waals surface area contributed by atoms with Crippen molar-refractivity contribution in [2.75, 3.05) is 38.0 Å². The van der Waals surface area contributed by atoms with Crippen LogP contribution >= 0.6 is 22.9 Å². The maximum atomic E-state index is 12.9. The summed E-state index contributed by atoms with van der Waals surface area (Å²) in [5.74, 6) is -0.576. The maximum Gasteiger partial charge on any atom is 0.254 e. The second-order valence-corrected chi connectivity index (χ2v) is 9.72. The van der Waals surface area contributed by atoms with Gasteiger partial charge in [0.05, 0.1) is 12.1 Å². The summed E-state index contributed by atoms with van der Waals surface area (Å²) in [5.41, 5.74) is 1.07. The van der Waals surface area contributed by atoms with Crippen molar-refractivity contribution >= 4 is 51.7 Å². The van der Waals surface area contributed by atoms with Gasteiger partial charge in [-0.15, -0.1) is 11.3 Å². The molecule has 1 N–H and O–H groups in total. The summed E-state index contributed by atoms with van der Waals surface area (Å²) in [6.07, 6.45) is 1.88.